The molecule has 2 aliphatic rings. The lowest BCUT2D eigenvalue weighted by molar-refractivity contribution is -0.137. The van der Waals surface area contributed by atoms with E-state index in [9.17, 15) is 13.2 Å². The number of nitrogens with two attached hydrogens (primary N) is 1. The van der Waals surface area contributed by atoms with Crippen LogP contribution >= 0.6 is 0 Å². The maximum atomic E-state index is 13.2. The second-order valence-corrected chi connectivity index (χ2v) is 8.54. The van der Waals surface area contributed by atoms with Gasteiger partial charge in [0.15, 0.2) is 0 Å². The summed E-state index contributed by atoms with van der Waals surface area (Å²) in [6, 6.07) is 3.02. The lowest BCUT2D eigenvalue weighted by atomic mass is 10.0. The van der Waals surface area contributed by atoms with Crippen LogP contribution in [0.1, 0.15) is 56.3 Å². The molecule has 2 aromatic rings. The van der Waals surface area contributed by atoms with E-state index in [-0.39, 0.29) is 18.8 Å². The summed E-state index contributed by atoms with van der Waals surface area (Å²) in [6.45, 7) is 4.74. The van der Waals surface area contributed by atoms with E-state index in [4.69, 9.17) is 15.6 Å². The summed E-state index contributed by atoms with van der Waals surface area (Å²) in [7, 11) is 0. The van der Waals surface area contributed by atoms with Gasteiger partial charge in [0.2, 0.25) is 0 Å². The lowest BCUT2D eigenvalue weighted by Gasteiger charge is -2.17. The van der Waals surface area contributed by atoms with E-state index in [0.717, 1.165) is 24.6 Å². The van der Waals surface area contributed by atoms with Crippen molar-refractivity contribution in [3.8, 4) is 11.3 Å². The van der Waals surface area contributed by atoms with Gasteiger partial charge in [-0.25, -0.2) is 4.98 Å². The smallest absolute Gasteiger partial charge is 0.396 e. The van der Waals surface area contributed by atoms with Crippen LogP contribution in [-0.2, 0) is 10.9 Å². The zero-order valence-electron chi connectivity index (χ0n) is 17.1. The Kier molecular flexibility index (Phi) is 5.52. The van der Waals surface area contributed by atoms with Gasteiger partial charge in [-0.05, 0) is 57.1 Å². The number of aromatic nitrogens is 3. The number of hydrogen-bond acceptors (Lipinski definition) is 5. The quantitative estimate of drug-likeness (QED) is 0.656. The molecular formula is C21H27F3N4O2. The highest BCUT2D eigenvalue weighted by atomic mass is 19.4. The molecule has 3 N–H and O–H groups in total. The van der Waals surface area contributed by atoms with Gasteiger partial charge in [-0.15, -0.1) is 0 Å². The second kappa shape index (κ2) is 7.85. The molecule has 6 nitrogen and oxygen atoms in total. The molecule has 2 aliphatic carbocycles. The Labute approximate surface area is 173 Å². The van der Waals surface area contributed by atoms with Crippen LogP contribution in [0.2, 0.25) is 0 Å². The number of aliphatic hydroxyl groups is 1. The predicted molar refractivity (Wildman–Crippen MR) is 106 cm³/mol. The first-order valence-corrected chi connectivity index (χ1v) is 10.4. The van der Waals surface area contributed by atoms with Crippen LogP contribution < -0.4 is 5.73 Å². The van der Waals surface area contributed by atoms with E-state index in [1.165, 1.54) is 6.20 Å². The van der Waals surface area contributed by atoms with Crippen molar-refractivity contribution in [2.24, 2.45) is 11.8 Å². The number of alkyl halides is 3. The summed E-state index contributed by atoms with van der Waals surface area (Å²) >= 11 is 0. The number of ether oxygens (including phenoxy) is 1. The van der Waals surface area contributed by atoms with E-state index in [1.54, 1.807) is 0 Å². The van der Waals surface area contributed by atoms with Crippen LogP contribution in [0.5, 0.6) is 0 Å². The zero-order valence-corrected chi connectivity index (χ0v) is 17.1. The first kappa shape index (κ1) is 21.1. The molecule has 0 aromatic carbocycles. The standard InChI is InChI=1S/C21H27F3N4O2/c1-11(2)28-18(19-14-7-13(8-15(14)19)30-5-3-4-29)9-17(27-28)12-6-16(21(22,23)24)20(25)26-10-12/h6,9-11,13-15,19,29H,3-5,7-8H2,1-2H3,(H2,25,26)/t13-,14-,15+,19+. The molecule has 2 heterocycles. The largest absolute Gasteiger partial charge is 0.419 e. The van der Waals surface area contributed by atoms with Crippen LogP contribution in [0, 0.1) is 11.8 Å². The molecule has 0 spiro atoms. The SMILES string of the molecule is CC(C)n1nc(-c2cnc(N)c(C(F)(F)F)c2)cc1[C@H]1[C@@H]2C[C@@H](OCCCO)C[C@@H]21. The molecule has 0 unspecified atom stereocenters. The van der Waals surface area contributed by atoms with Gasteiger partial charge < -0.3 is 15.6 Å². The van der Waals surface area contributed by atoms with Crippen molar-refractivity contribution in [1.29, 1.82) is 0 Å². The monoisotopic (exact) mass is 424 g/mol. The Hall–Kier alpha value is -2.13. The van der Waals surface area contributed by atoms with Crippen molar-refractivity contribution in [2.45, 2.75) is 57.3 Å². The second-order valence-electron chi connectivity index (χ2n) is 8.54. The Morgan fingerprint density at radius 3 is 2.57 bits per heavy atom. The number of pyridine rings is 1. The minimum Gasteiger partial charge on any atom is -0.396 e. The number of aliphatic hydroxyl groups excluding tert-OH is 1. The van der Waals surface area contributed by atoms with Crippen molar-refractivity contribution in [1.82, 2.24) is 14.8 Å². The number of fused-ring (bicyclic) bond motifs is 1. The molecule has 0 radical (unpaired) electrons. The highest BCUT2D eigenvalue weighted by Crippen LogP contribution is 2.64. The molecule has 4 atom stereocenters. The van der Waals surface area contributed by atoms with E-state index in [0.29, 0.717) is 42.0 Å². The first-order valence-electron chi connectivity index (χ1n) is 10.4. The topological polar surface area (TPSA) is 86.2 Å². The first-order chi connectivity index (χ1) is 14.2. The van der Waals surface area contributed by atoms with Crippen molar-refractivity contribution in [3.63, 3.8) is 0 Å². The Balaban J connectivity index is 1.55. The van der Waals surface area contributed by atoms with Crippen molar-refractivity contribution < 1.29 is 23.0 Å². The van der Waals surface area contributed by atoms with Gasteiger partial charge in [-0.3, -0.25) is 4.68 Å². The number of halogens is 3. The van der Waals surface area contributed by atoms with Gasteiger partial charge >= 0.3 is 6.18 Å². The van der Waals surface area contributed by atoms with Gasteiger partial charge in [-0.1, -0.05) is 0 Å². The zero-order chi connectivity index (χ0) is 21.6. The Morgan fingerprint density at radius 1 is 1.27 bits per heavy atom. The highest BCUT2D eigenvalue weighted by molar-refractivity contribution is 5.63. The van der Waals surface area contributed by atoms with Crippen molar-refractivity contribution in [3.05, 3.63) is 29.6 Å². The molecular weight excluding hydrogens is 397 g/mol. The molecule has 2 aromatic heterocycles. The fourth-order valence-electron chi connectivity index (χ4n) is 4.74. The average Bonchev–Trinajstić information content (AvgIpc) is 3.04. The number of nitrogens with zero attached hydrogens (tertiary/aromatic N) is 3. The molecule has 9 heteroatoms. The molecule has 2 saturated carbocycles. The number of nitrogen functional groups attached to an aromatic ring is 1. The number of rotatable bonds is 7. The van der Waals surface area contributed by atoms with E-state index in [2.05, 4.69) is 10.1 Å². The molecule has 2 fully saturated rings. The summed E-state index contributed by atoms with van der Waals surface area (Å²) in [5.74, 6) is 0.858. The van der Waals surface area contributed by atoms with E-state index >= 15 is 0 Å². The van der Waals surface area contributed by atoms with E-state index < -0.39 is 17.6 Å². The lowest BCUT2D eigenvalue weighted by Crippen LogP contribution is -2.15. The van der Waals surface area contributed by atoms with Gasteiger partial charge in [0.25, 0.3) is 0 Å². The molecule has 30 heavy (non-hydrogen) atoms. The third-order valence-corrected chi connectivity index (χ3v) is 6.17. The van der Waals surface area contributed by atoms with Gasteiger partial charge in [0.1, 0.15) is 5.82 Å². The van der Waals surface area contributed by atoms with E-state index in [1.807, 2.05) is 24.6 Å². The maximum Gasteiger partial charge on any atom is 0.419 e. The number of hydrogen-bond donors (Lipinski definition) is 2. The van der Waals surface area contributed by atoms with Crippen LogP contribution in [0.4, 0.5) is 19.0 Å². The molecule has 0 aliphatic heterocycles. The predicted octanol–water partition coefficient (Wildman–Crippen LogP) is 4.02. The van der Waals surface area contributed by atoms with Crippen LogP contribution in [0.25, 0.3) is 11.3 Å². The van der Waals surface area contributed by atoms with Crippen molar-refractivity contribution in [2.75, 3.05) is 18.9 Å². The summed E-state index contributed by atoms with van der Waals surface area (Å²) in [5, 5.41) is 13.5. The highest BCUT2D eigenvalue weighted by Gasteiger charge is 2.58. The fraction of sp³-hybridized carbons (Fsp3) is 0.619. The average molecular weight is 424 g/mol. The van der Waals surface area contributed by atoms with Gasteiger partial charge in [0, 0.05) is 42.6 Å². The normalized spacial score (nSPS) is 25.7. The Bertz CT molecular complexity index is 900. The maximum absolute atomic E-state index is 13.2. The summed E-state index contributed by atoms with van der Waals surface area (Å²) in [4.78, 5) is 3.74. The molecule has 4 rings (SSSR count). The fourth-order valence-corrected chi connectivity index (χ4v) is 4.74. The third-order valence-electron chi connectivity index (χ3n) is 6.17. The third kappa shape index (κ3) is 3.92. The minimum atomic E-state index is -4.56. The Morgan fingerprint density at radius 2 is 1.97 bits per heavy atom. The van der Waals surface area contributed by atoms with Crippen LogP contribution in [0.15, 0.2) is 18.3 Å². The summed E-state index contributed by atoms with van der Waals surface area (Å²) in [5.41, 5.74) is 6.35. The molecule has 164 valence electrons. The van der Waals surface area contributed by atoms with Crippen LogP contribution in [-0.4, -0.2) is 39.2 Å². The van der Waals surface area contributed by atoms with Gasteiger partial charge in [-0.2, -0.15) is 18.3 Å². The van der Waals surface area contributed by atoms with Crippen LogP contribution in [0.3, 0.4) is 0 Å². The molecule has 0 saturated heterocycles. The summed E-state index contributed by atoms with van der Waals surface area (Å²) < 4.78 is 47.4. The molecule has 0 amide bonds. The minimum absolute atomic E-state index is 0.0931. The summed E-state index contributed by atoms with van der Waals surface area (Å²) in [6.07, 6.45) is -0.390. The van der Waals surface area contributed by atoms with Gasteiger partial charge in [0.05, 0.1) is 17.4 Å². The number of anilines is 1. The molecule has 0 bridgehead atoms. The van der Waals surface area contributed by atoms with Crippen molar-refractivity contribution >= 4 is 5.82 Å².